The van der Waals surface area contributed by atoms with Crippen LogP contribution < -0.4 is 11.1 Å². The second kappa shape index (κ2) is 6.68. The summed E-state index contributed by atoms with van der Waals surface area (Å²) in [5, 5.41) is 3.33. The van der Waals surface area contributed by atoms with E-state index in [2.05, 4.69) is 41.5 Å². The minimum absolute atomic E-state index is 0.366. The lowest BCUT2D eigenvalue weighted by molar-refractivity contribution is 0.922. The maximum absolute atomic E-state index is 5.83. The zero-order valence-corrected chi connectivity index (χ0v) is 13.6. The molecule has 4 heteroatoms. The van der Waals surface area contributed by atoms with Crippen LogP contribution in [0, 0.1) is 13.8 Å². The third kappa shape index (κ3) is 3.79. The number of hydrogen-bond acceptors (Lipinski definition) is 3. The van der Waals surface area contributed by atoms with Crippen molar-refractivity contribution in [2.45, 2.75) is 33.6 Å². The number of hydrogen-bond donors (Lipinski definition) is 2. The summed E-state index contributed by atoms with van der Waals surface area (Å²) < 4.78 is 0. The number of aryl methyl sites for hydroxylation is 3. The quantitative estimate of drug-likeness (QED) is 0.818. The van der Waals surface area contributed by atoms with E-state index in [4.69, 9.17) is 18.0 Å². The lowest BCUT2D eigenvalue weighted by Crippen LogP contribution is -2.15. The van der Waals surface area contributed by atoms with Crippen LogP contribution in [0.2, 0.25) is 0 Å². The third-order valence-electron chi connectivity index (χ3n) is 3.35. The molecule has 0 unspecified atom stereocenters. The van der Waals surface area contributed by atoms with Gasteiger partial charge in [0.15, 0.2) is 0 Å². The average molecular weight is 299 g/mol. The molecule has 1 aromatic heterocycles. The van der Waals surface area contributed by atoms with Gasteiger partial charge < -0.3 is 11.1 Å². The molecule has 1 aromatic carbocycles. The van der Waals surface area contributed by atoms with Crippen molar-refractivity contribution in [3.05, 3.63) is 52.7 Å². The molecule has 0 saturated carbocycles. The van der Waals surface area contributed by atoms with Crippen molar-refractivity contribution in [2.75, 3.05) is 5.32 Å². The number of rotatable bonds is 5. The maximum Gasteiger partial charge on any atom is 0.141 e. The van der Waals surface area contributed by atoms with Gasteiger partial charge in [0.1, 0.15) is 10.8 Å². The van der Waals surface area contributed by atoms with E-state index in [1.165, 1.54) is 5.56 Å². The zero-order valence-electron chi connectivity index (χ0n) is 12.7. The van der Waals surface area contributed by atoms with E-state index in [-0.39, 0.29) is 0 Å². The SMILES string of the molecule is CCCc1ccc(Nc2nc(C)cc(C)c2C(N)=S)cc1. The van der Waals surface area contributed by atoms with Crippen molar-refractivity contribution in [3.8, 4) is 0 Å². The summed E-state index contributed by atoms with van der Waals surface area (Å²) in [6.45, 7) is 6.14. The van der Waals surface area contributed by atoms with Gasteiger partial charge in [0.2, 0.25) is 0 Å². The summed E-state index contributed by atoms with van der Waals surface area (Å²) >= 11 is 5.15. The molecule has 21 heavy (non-hydrogen) atoms. The number of nitrogens with one attached hydrogen (secondary N) is 1. The highest BCUT2D eigenvalue weighted by atomic mass is 32.1. The molecule has 3 nitrogen and oxygen atoms in total. The van der Waals surface area contributed by atoms with Crippen LogP contribution in [0.25, 0.3) is 0 Å². The first kappa shape index (κ1) is 15.4. The molecule has 110 valence electrons. The zero-order chi connectivity index (χ0) is 15.4. The summed E-state index contributed by atoms with van der Waals surface area (Å²) in [6.07, 6.45) is 2.25. The van der Waals surface area contributed by atoms with E-state index in [0.29, 0.717) is 4.99 Å². The monoisotopic (exact) mass is 299 g/mol. The Kier molecular flexibility index (Phi) is 4.91. The summed E-state index contributed by atoms with van der Waals surface area (Å²) in [7, 11) is 0. The smallest absolute Gasteiger partial charge is 0.141 e. The molecule has 0 fully saturated rings. The normalized spacial score (nSPS) is 10.4. The number of nitrogens with two attached hydrogens (primary N) is 1. The highest BCUT2D eigenvalue weighted by molar-refractivity contribution is 7.80. The molecule has 0 amide bonds. The maximum atomic E-state index is 5.83. The van der Waals surface area contributed by atoms with Crippen LogP contribution in [0.3, 0.4) is 0 Å². The molecule has 0 spiro atoms. The van der Waals surface area contributed by atoms with Crippen molar-refractivity contribution in [1.82, 2.24) is 4.98 Å². The first-order valence-electron chi connectivity index (χ1n) is 7.15. The van der Waals surface area contributed by atoms with Gasteiger partial charge in [-0.15, -0.1) is 0 Å². The summed E-state index contributed by atoms with van der Waals surface area (Å²) in [6, 6.07) is 10.4. The van der Waals surface area contributed by atoms with Gasteiger partial charge in [0.05, 0.1) is 5.56 Å². The number of thiocarbonyl (C=S) groups is 1. The van der Waals surface area contributed by atoms with Crippen molar-refractivity contribution in [1.29, 1.82) is 0 Å². The summed E-state index contributed by atoms with van der Waals surface area (Å²) in [5.41, 5.74) is 11.0. The molecule has 0 bridgehead atoms. The standard InChI is InChI=1S/C17H21N3S/c1-4-5-13-6-8-14(9-7-13)20-17-15(16(18)21)11(2)10-12(3)19-17/h6-10H,4-5H2,1-3H3,(H2,18,21)(H,19,20). The topological polar surface area (TPSA) is 50.9 Å². The van der Waals surface area contributed by atoms with Gasteiger partial charge in [-0.05, 0) is 49.6 Å². The fourth-order valence-electron chi connectivity index (χ4n) is 2.42. The van der Waals surface area contributed by atoms with Crippen LogP contribution in [-0.4, -0.2) is 9.97 Å². The molecular weight excluding hydrogens is 278 g/mol. The lowest BCUT2D eigenvalue weighted by atomic mass is 10.1. The summed E-state index contributed by atoms with van der Waals surface area (Å²) in [4.78, 5) is 4.90. The fourth-order valence-corrected chi connectivity index (χ4v) is 2.68. The molecule has 3 N–H and O–H groups in total. The molecule has 0 aliphatic carbocycles. The Hall–Kier alpha value is -1.94. The average Bonchev–Trinajstić information content (AvgIpc) is 2.40. The van der Waals surface area contributed by atoms with Gasteiger partial charge in [-0.25, -0.2) is 4.98 Å². The molecule has 2 aromatic rings. The van der Waals surface area contributed by atoms with Crippen molar-refractivity contribution >= 4 is 28.7 Å². The van der Waals surface area contributed by atoms with Gasteiger partial charge in [0, 0.05) is 11.4 Å². The van der Waals surface area contributed by atoms with Crippen LogP contribution in [0.4, 0.5) is 11.5 Å². The minimum atomic E-state index is 0.366. The first-order valence-corrected chi connectivity index (χ1v) is 7.56. The molecular formula is C17H21N3S. The van der Waals surface area contributed by atoms with E-state index in [1.807, 2.05) is 19.9 Å². The molecule has 0 aliphatic heterocycles. The highest BCUT2D eigenvalue weighted by Crippen LogP contribution is 2.23. The van der Waals surface area contributed by atoms with E-state index in [1.54, 1.807) is 0 Å². The van der Waals surface area contributed by atoms with Crippen molar-refractivity contribution in [3.63, 3.8) is 0 Å². The third-order valence-corrected chi connectivity index (χ3v) is 3.55. The molecule has 0 atom stereocenters. The Morgan fingerprint density at radius 2 is 1.90 bits per heavy atom. The number of anilines is 2. The predicted molar refractivity (Wildman–Crippen MR) is 93.3 cm³/mol. The van der Waals surface area contributed by atoms with Gasteiger partial charge >= 0.3 is 0 Å². The van der Waals surface area contributed by atoms with Crippen LogP contribution in [0.5, 0.6) is 0 Å². The van der Waals surface area contributed by atoms with Gasteiger partial charge in [-0.3, -0.25) is 0 Å². The van der Waals surface area contributed by atoms with E-state index < -0.39 is 0 Å². The van der Waals surface area contributed by atoms with Gasteiger partial charge in [-0.1, -0.05) is 37.7 Å². The fraction of sp³-hybridized carbons (Fsp3) is 0.294. The van der Waals surface area contributed by atoms with Crippen molar-refractivity contribution in [2.24, 2.45) is 5.73 Å². The lowest BCUT2D eigenvalue weighted by Gasteiger charge is -2.14. The number of benzene rings is 1. The molecule has 0 radical (unpaired) electrons. The van der Waals surface area contributed by atoms with Crippen molar-refractivity contribution < 1.29 is 0 Å². The Labute approximate surface area is 131 Å². The largest absolute Gasteiger partial charge is 0.389 e. The Morgan fingerprint density at radius 1 is 1.24 bits per heavy atom. The number of pyridine rings is 1. The second-order valence-corrected chi connectivity index (χ2v) is 5.68. The first-order chi connectivity index (χ1) is 10.0. The van der Waals surface area contributed by atoms with Crippen LogP contribution in [0.1, 0.15) is 35.7 Å². The molecule has 0 aliphatic rings. The van der Waals surface area contributed by atoms with E-state index >= 15 is 0 Å². The van der Waals surface area contributed by atoms with E-state index in [0.717, 1.165) is 41.2 Å². The van der Waals surface area contributed by atoms with Crippen LogP contribution in [0.15, 0.2) is 30.3 Å². The molecule has 2 rings (SSSR count). The predicted octanol–water partition coefficient (Wildman–Crippen LogP) is 4.03. The molecule has 1 heterocycles. The second-order valence-electron chi connectivity index (χ2n) is 5.24. The Morgan fingerprint density at radius 3 is 2.48 bits per heavy atom. The minimum Gasteiger partial charge on any atom is -0.389 e. The molecule has 0 saturated heterocycles. The highest BCUT2D eigenvalue weighted by Gasteiger charge is 2.11. The van der Waals surface area contributed by atoms with E-state index in [9.17, 15) is 0 Å². The van der Waals surface area contributed by atoms with Crippen LogP contribution in [-0.2, 0) is 6.42 Å². The van der Waals surface area contributed by atoms with Gasteiger partial charge in [-0.2, -0.15) is 0 Å². The number of aromatic nitrogens is 1. The Bertz CT molecular complexity index is 648. The van der Waals surface area contributed by atoms with Crippen LogP contribution >= 0.6 is 12.2 Å². The number of nitrogens with zero attached hydrogens (tertiary/aromatic N) is 1. The Balaban J connectivity index is 2.32. The van der Waals surface area contributed by atoms with Gasteiger partial charge in [0.25, 0.3) is 0 Å². The summed E-state index contributed by atoms with van der Waals surface area (Å²) in [5.74, 6) is 0.725.